The Hall–Kier alpha value is -2.48. The lowest BCUT2D eigenvalue weighted by molar-refractivity contribution is 0.0732. The Labute approximate surface area is 177 Å². The highest BCUT2D eigenvalue weighted by atomic mass is 35.5. The third-order valence-corrected chi connectivity index (χ3v) is 6.04. The molecule has 1 unspecified atom stereocenters. The van der Waals surface area contributed by atoms with Crippen LogP contribution >= 0.6 is 23.4 Å². The smallest absolute Gasteiger partial charge is 0.273 e. The number of hydrogen-bond donors (Lipinski definition) is 3. The van der Waals surface area contributed by atoms with Gasteiger partial charge in [-0.25, -0.2) is 0 Å². The summed E-state index contributed by atoms with van der Waals surface area (Å²) < 4.78 is 0. The fourth-order valence-electron chi connectivity index (χ4n) is 3.70. The maximum Gasteiger partial charge on any atom is 0.273 e. The summed E-state index contributed by atoms with van der Waals surface area (Å²) in [5.41, 5.74) is 3.02. The van der Waals surface area contributed by atoms with Crippen molar-refractivity contribution < 1.29 is 15.0 Å². The van der Waals surface area contributed by atoms with E-state index in [0.717, 1.165) is 10.5 Å². The maximum atomic E-state index is 13.1. The zero-order chi connectivity index (χ0) is 20.5. The average Bonchev–Trinajstić information content (AvgIpc) is 3.27. The second-order valence-corrected chi connectivity index (χ2v) is 8.09. The molecule has 29 heavy (non-hydrogen) atoms. The van der Waals surface area contributed by atoms with Gasteiger partial charge >= 0.3 is 0 Å². The number of nitrogens with one attached hydrogen (secondary N) is 1. The molecule has 1 aliphatic rings. The van der Waals surface area contributed by atoms with Gasteiger partial charge in [0.2, 0.25) is 0 Å². The number of aliphatic hydroxyl groups is 1. The zero-order valence-corrected chi connectivity index (χ0v) is 17.3. The van der Waals surface area contributed by atoms with Crippen molar-refractivity contribution in [3.8, 4) is 17.0 Å². The Balaban J connectivity index is 1.87. The van der Waals surface area contributed by atoms with E-state index >= 15 is 0 Å². The molecule has 3 N–H and O–H groups in total. The summed E-state index contributed by atoms with van der Waals surface area (Å²) in [5.74, 6) is -0.130. The van der Waals surface area contributed by atoms with Crippen LogP contribution in [0.3, 0.4) is 0 Å². The number of benzene rings is 2. The number of aromatic nitrogens is 2. The molecule has 0 radical (unpaired) electrons. The molecule has 4 rings (SSSR count). The second-order valence-electron chi connectivity index (χ2n) is 6.77. The molecule has 0 saturated heterocycles. The van der Waals surface area contributed by atoms with Crippen LogP contribution in [0.1, 0.15) is 34.1 Å². The van der Waals surface area contributed by atoms with Gasteiger partial charge in [-0.05, 0) is 48.6 Å². The molecule has 1 atom stereocenters. The Morgan fingerprint density at radius 1 is 1.24 bits per heavy atom. The van der Waals surface area contributed by atoms with Gasteiger partial charge < -0.3 is 15.1 Å². The molecule has 2 heterocycles. The molecule has 150 valence electrons. The van der Waals surface area contributed by atoms with Crippen LogP contribution in [0.25, 0.3) is 11.3 Å². The number of H-pyrrole nitrogens is 1. The number of thioether (sulfide) groups is 1. The fraction of sp³-hybridized carbons (Fsp3) is 0.238. The van der Waals surface area contributed by atoms with E-state index in [9.17, 15) is 15.0 Å². The van der Waals surface area contributed by atoms with E-state index in [4.69, 9.17) is 11.6 Å². The zero-order valence-electron chi connectivity index (χ0n) is 15.7. The van der Waals surface area contributed by atoms with Crippen molar-refractivity contribution in [2.45, 2.75) is 17.4 Å². The largest absolute Gasteiger partial charge is 0.507 e. The minimum absolute atomic E-state index is 0.00393. The van der Waals surface area contributed by atoms with Gasteiger partial charge in [-0.3, -0.25) is 9.89 Å². The number of halogens is 1. The number of amides is 1. The minimum Gasteiger partial charge on any atom is -0.507 e. The van der Waals surface area contributed by atoms with Crippen LogP contribution in [-0.2, 0) is 0 Å². The fourth-order valence-corrected chi connectivity index (χ4v) is 4.28. The molecule has 1 aromatic heterocycles. The molecule has 3 aromatic rings. The lowest BCUT2D eigenvalue weighted by Crippen LogP contribution is -2.31. The number of phenols is 1. The first kappa shape index (κ1) is 19.8. The first-order valence-corrected chi connectivity index (χ1v) is 10.8. The highest BCUT2D eigenvalue weighted by Crippen LogP contribution is 2.45. The van der Waals surface area contributed by atoms with E-state index in [1.54, 1.807) is 28.8 Å². The van der Waals surface area contributed by atoms with Crippen molar-refractivity contribution in [1.82, 2.24) is 15.1 Å². The number of aromatic amines is 1. The van der Waals surface area contributed by atoms with Crippen molar-refractivity contribution in [1.29, 1.82) is 0 Å². The number of phenolic OH excluding ortho intramolecular Hbond substituents is 1. The summed E-state index contributed by atoms with van der Waals surface area (Å²) in [5, 5.41) is 27.3. The third-order valence-electron chi connectivity index (χ3n) is 5.07. The molecule has 8 heteroatoms. The number of carbonyl (C=O) groups excluding carboxylic acids is 1. The molecular weight excluding hydrogens is 410 g/mol. The van der Waals surface area contributed by atoms with Crippen molar-refractivity contribution in [3.05, 3.63) is 64.3 Å². The van der Waals surface area contributed by atoms with E-state index in [1.165, 1.54) is 6.07 Å². The summed E-state index contributed by atoms with van der Waals surface area (Å²) >= 11 is 7.79. The van der Waals surface area contributed by atoms with E-state index in [-0.39, 0.29) is 24.3 Å². The predicted octanol–water partition coefficient (Wildman–Crippen LogP) is 4.09. The monoisotopic (exact) mass is 429 g/mol. The molecule has 2 aromatic carbocycles. The summed E-state index contributed by atoms with van der Waals surface area (Å²) in [4.78, 5) is 15.9. The van der Waals surface area contributed by atoms with Crippen LogP contribution in [0, 0.1) is 0 Å². The first-order chi connectivity index (χ1) is 14.0. The van der Waals surface area contributed by atoms with Gasteiger partial charge in [0, 0.05) is 34.2 Å². The number of aromatic hydroxyl groups is 1. The molecule has 0 aliphatic carbocycles. The molecule has 0 fully saturated rings. The number of carbonyl (C=O) groups is 1. The van der Waals surface area contributed by atoms with E-state index in [1.807, 2.05) is 30.5 Å². The van der Waals surface area contributed by atoms with Gasteiger partial charge in [-0.2, -0.15) is 5.10 Å². The summed E-state index contributed by atoms with van der Waals surface area (Å²) in [6.07, 6.45) is 2.48. The van der Waals surface area contributed by atoms with Gasteiger partial charge in [0.05, 0.1) is 6.04 Å². The Morgan fingerprint density at radius 3 is 2.69 bits per heavy atom. The minimum atomic E-state index is -0.368. The topological polar surface area (TPSA) is 89.5 Å². The lowest BCUT2D eigenvalue weighted by atomic mass is 9.95. The third kappa shape index (κ3) is 3.50. The average molecular weight is 430 g/mol. The highest BCUT2D eigenvalue weighted by molar-refractivity contribution is 7.98. The molecule has 1 aliphatic heterocycles. The van der Waals surface area contributed by atoms with E-state index < -0.39 is 0 Å². The first-order valence-electron chi connectivity index (χ1n) is 9.18. The molecule has 1 amide bonds. The number of aliphatic hydroxyl groups excluding tert-OH is 1. The van der Waals surface area contributed by atoms with Crippen LogP contribution in [0.4, 0.5) is 0 Å². The molecular formula is C21H20ClN3O3S. The number of rotatable bonds is 6. The summed E-state index contributed by atoms with van der Waals surface area (Å²) in [7, 11) is 0. The van der Waals surface area contributed by atoms with Gasteiger partial charge in [-0.15, -0.1) is 11.8 Å². The Morgan fingerprint density at radius 2 is 2.00 bits per heavy atom. The van der Waals surface area contributed by atoms with Gasteiger partial charge in [0.1, 0.15) is 17.1 Å². The predicted molar refractivity (Wildman–Crippen MR) is 114 cm³/mol. The quantitative estimate of drug-likeness (QED) is 0.513. The van der Waals surface area contributed by atoms with Crippen LogP contribution in [-0.4, -0.2) is 50.6 Å². The van der Waals surface area contributed by atoms with E-state index in [2.05, 4.69) is 10.2 Å². The Bertz CT molecular complexity index is 1050. The van der Waals surface area contributed by atoms with Crippen molar-refractivity contribution in [2.75, 3.05) is 19.4 Å². The van der Waals surface area contributed by atoms with Crippen LogP contribution in [0.5, 0.6) is 5.75 Å². The SMILES string of the molecule is CSc1ccc(C2c3c(-c4cc(Cl)ccc4O)n[nH]c3C(=O)N2CCCO)cc1. The molecule has 6 nitrogen and oxygen atoms in total. The second kappa shape index (κ2) is 8.10. The van der Waals surface area contributed by atoms with Gasteiger partial charge in [0.15, 0.2) is 0 Å². The van der Waals surface area contributed by atoms with Gasteiger partial charge in [-0.1, -0.05) is 23.7 Å². The van der Waals surface area contributed by atoms with Crippen LogP contribution in [0.2, 0.25) is 5.02 Å². The summed E-state index contributed by atoms with van der Waals surface area (Å²) in [6, 6.07) is 12.4. The van der Waals surface area contributed by atoms with Gasteiger partial charge in [0.25, 0.3) is 5.91 Å². The maximum absolute atomic E-state index is 13.1. The van der Waals surface area contributed by atoms with Crippen LogP contribution < -0.4 is 0 Å². The molecule has 0 spiro atoms. The number of fused-ring (bicyclic) bond motifs is 1. The normalized spacial score (nSPS) is 15.8. The lowest BCUT2D eigenvalue weighted by Gasteiger charge is -2.26. The number of nitrogens with zero attached hydrogens (tertiary/aromatic N) is 2. The highest BCUT2D eigenvalue weighted by Gasteiger charge is 2.42. The van der Waals surface area contributed by atoms with Crippen molar-refractivity contribution in [2.24, 2.45) is 0 Å². The Kier molecular flexibility index (Phi) is 5.54. The van der Waals surface area contributed by atoms with Crippen molar-refractivity contribution in [3.63, 3.8) is 0 Å². The summed E-state index contributed by atoms with van der Waals surface area (Å²) in [6.45, 7) is 0.407. The van der Waals surface area contributed by atoms with Crippen molar-refractivity contribution >= 4 is 29.3 Å². The standard InChI is InChI=1S/C21H20ClN3O3S/c1-29-14-6-3-12(4-7-14)20-17-18(15-11-13(22)5-8-16(15)27)23-24-19(17)21(28)25(20)9-2-10-26/h3-8,11,20,26-27H,2,9-10H2,1H3,(H,23,24). The van der Waals surface area contributed by atoms with Crippen LogP contribution in [0.15, 0.2) is 47.4 Å². The van der Waals surface area contributed by atoms with E-state index in [0.29, 0.717) is 40.5 Å². The molecule has 0 bridgehead atoms. The number of hydrogen-bond acceptors (Lipinski definition) is 5. The molecule has 0 saturated carbocycles.